The molecule has 1 heterocycles. The maximum atomic E-state index is 6.00. The highest BCUT2D eigenvalue weighted by atomic mass is 35.5. The number of benzene rings is 1. The topological polar surface area (TPSA) is 18.5 Å². The van der Waals surface area contributed by atoms with Crippen LogP contribution in [0.4, 0.5) is 0 Å². The molecule has 0 atom stereocenters. The second-order valence-electron chi connectivity index (χ2n) is 3.87. The molecule has 1 aliphatic heterocycles. The summed E-state index contributed by atoms with van der Waals surface area (Å²) in [4.78, 5) is 0. The van der Waals surface area contributed by atoms with Crippen molar-refractivity contribution in [2.45, 2.75) is 12.3 Å². The Morgan fingerprint density at radius 3 is 2.80 bits per heavy atom. The molecule has 0 aliphatic carbocycles. The molecular weight excluding hydrogens is 212 g/mol. The van der Waals surface area contributed by atoms with E-state index >= 15 is 0 Å². The Hall–Kier alpha value is -0.730. The van der Waals surface area contributed by atoms with Gasteiger partial charge in [-0.05, 0) is 24.6 Å². The lowest BCUT2D eigenvalue weighted by atomic mass is 9.80. The van der Waals surface area contributed by atoms with Gasteiger partial charge in [0, 0.05) is 5.88 Å². The molecule has 0 amide bonds. The molecule has 0 N–H and O–H groups in total. The zero-order valence-corrected chi connectivity index (χ0v) is 9.59. The van der Waals surface area contributed by atoms with Crippen LogP contribution in [-0.4, -0.2) is 25.7 Å². The van der Waals surface area contributed by atoms with Gasteiger partial charge in [-0.25, -0.2) is 0 Å². The molecule has 1 aliphatic rings. The van der Waals surface area contributed by atoms with Crippen LogP contribution in [0.15, 0.2) is 24.3 Å². The Balaban J connectivity index is 2.23. The van der Waals surface area contributed by atoms with Gasteiger partial charge in [-0.15, -0.1) is 11.6 Å². The van der Waals surface area contributed by atoms with Crippen LogP contribution in [0.3, 0.4) is 0 Å². The summed E-state index contributed by atoms with van der Waals surface area (Å²) in [6, 6.07) is 8.13. The quantitative estimate of drug-likeness (QED) is 0.735. The number of hydrogen-bond donors (Lipinski definition) is 0. The molecule has 2 rings (SSSR count). The van der Waals surface area contributed by atoms with Gasteiger partial charge in [0.05, 0.1) is 25.2 Å². The summed E-state index contributed by atoms with van der Waals surface area (Å²) in [5.74, 6) is 1.51. The second-order valence-corrected chi connectivity index (χ2v) is 4.13. The first-order valence-corrected chi connectivity index (χ1v) is 5.71. The van der Waals surface area contributed by atoms with E-state index in [0.717, 1.165) is 5.75 Å². The minimum Gasteiger partial charge on any atom is -0.494 e. The summed E-state index contributed by atoms with van der Waals surface area (Å²) < 4.78 is 10.7. The number of alkyl halides is 1. The van der Waals surface area contributed by atoms with Crippen molar-refractivity contribution in [3.8, 4) is 5.75 Å². The molecular formula is C12H15ClO2. The maximum Gasteiger partial charge on any atom is 0.119 e. The van der Waals surface area contributed by atoms with Crippen molar-refractivity contribution in [1.29, 1.82) is 0 Å². The Morgan fingerprint density at radius 1 is 1.47 bits per heavy atom. The third-order valence-corrected chi connectivity index (χ3v) is 3.28. The van der Waals surface area contributed by atoms with E-state index in [-0.39, 0.29) is 5.41 Å². The number of halogens is 1. The summed E-state index contributed by atoms with van der Waals surface area (Å²) in [6.07, 6.45) is 0. The first-order valence-electron chi connectivity index (χ1n) is 5.18. The monoisotopic (exact) mass is 226 g/mol. The highest BCUT2D eigenvalue weighted by molar-refractivity contribution is 6.18. The van der Waals surface area contributed by atoms with Crippen LogP contribution in [0.25, 0.3) is 0 Å². The molecule has 0 unspecified atom stereocenters. The number of ether oxygens (including phenoxy) is 2. The Kier molecular flexibility index (Phi) is 3.17. The molecule has 0 bridgehead atoms. The largest absolute Gasteiger partial charge is 0.494 e. The molecule has 1 saturated heterocycles. The van der Waals surface area contributed by atoms with Crippen LogP contribution in [0.2, 0.25) is 0 Å². The summed E-state index contributed by atoms with van der Waals surface area (Å²) in [6.45, 7) is 4.10. The van der Waals surface area contributed by atoms with E-state index in [0.29, 0.717) is 25.7 Å². The van der Waals surface area contributed by atoms with Gasteiger partial charge in [0.15, 0.2) is 0 Å². The first kappa shape index (κ1) is 10.8. The van der Waals surface area contributed by atoms with E-state index in [2.05, 4.69) is 12.1 Å². The average Bonchev–Trinajstić information content (AvgIpc) is 2.18. The summed E-state index contributed by atoms with van der Waals surface area (Å²) in [5, 5.41) is 0. The predicted octanol–water partition coefficient (Wildman–Crippen LogP) is 2.59. The normalized spacial score (nSPS) is 18.3. The Morgan fingerprint density at radius 2 is 2.27 bits per heavy atom. The fraction of sp³-hybridized carbons (Fsp3) is 0.500. The van der Waals surface area contributed by atoms with Crippen molar-refractivity contribution in [3.05, 3.63) is 29.8 Å². The third-order valence-electron chi connectivity index (χ3n) is 2.77. The van der Waals surface area contributed by atoms with Crippen LogP contribution in [0.5, 0.6) is 5.75 Å². The number of rotatable bonds is 4. The second kappa shape index (κ2) is 4.42. The molecule has 1 aromatic rings. The van der Waals surface area contributed by atoms with Gasteiger partial charge in [-0.3, -0.25) is 0 Å². The molecule has 15 heavy (non-hydrogen) atoms. The molecule has 1 fully saturated rings. The fourth-order valence-corrected chi connectivity index (χ4v) is 2.06. The van der Waals surface area contributed by atoms with Crippen molar-refractivity contribution >= 4 is 11.6 Å². The van der Waals surface area contributed by atoms with Crippen LogP contribution in [0, 0.1) is 0 Å². The van der Waals surface area contributed by atoms with Crippen molar-refractivity contribution in [2.24, 2.45) is 0 Å². The van der Waals surface area contributed by atoms with Crippen LogP contribution in [0.1, 0.15) is 12.5 Å². The van der Waals surface area contributed by atoms with Crippen LogP contribution >= 0.6 is 11.6 Å². The van der Waals surface area contributed by atoms with Gasteiger partial charge in [0.25, 0.3) is 0 Å². The van der Waals surface area contributed by atoms with E-state index in [1.807, 2.05) is 19.1 Å². The van der Waals surface area contributed by atoms with Gasteiger partial charge in [-0.2, -0.15) is 0 Å². The van der Waals surface area contributed by atoms with Gasteiger partial charge in [0.2, 0.25) is 0 Å². The van der Waals surface area contributed by atoms with Crippen LogP contribution in [-0.2, 0) is 10.2 Å². The lowest BCUT2D eigenvalue weighted by Crippen LogP contribution is -2.48. The lowest BCUT2D eigenvalue weighted by Gasteiger charge is -2.40. The van der Waals surface area contributed by atoms with Gasteiger partial charge in [0.1, 0.15) is 5.75 Å². The zero-order valence-electron chi connectivity index (χ0n) is 8.83. The smallest absolute Gasteiger partial charge is 0.119 e. The first-order chi connectivity index (χ1) is 7.30. The average molecular weight is 227 g/mol. The lowest BCUT2D eigenvalue weighted by molar-refractivity contribution is -0.0480. The summed E-state index contributed by atoms with van der Waals surface area (Å²) in [7, 11) is 0. The summed E-state index contributed by atoms with van der Waals surface area (Å²) in [5.41, 5.74) is 1.23. The van der Waals surface area contributed by atoms with Crippen molar-refractivity contribution < 1.29 is 9.47 Å². The van der Waals surface area contributed by atoms with E-state index in [9.17, 15) is 0 Å². The fourth-order valence-electron chi connectivity index (χ4n) is 1.75. The minimum absolute atomic E-state index is 0.00860. The molecule has 0 radical (unpaired) electrons. The SMILES string of the molecule is CCOc1cccc(C2(CCl)COC2)c1. The van der Waals surface area contributed by atoms with Crippen molar-refractivity contribution in [3.63, 3.8) is 0 Å². The van der Waals surface area contributed by atoms with Crippen molar-refractivity contribution in [1.82, 2.24) is 0 Å². The van der Waals surface area contributed by atoms with Gasteiger partial charge in [-0.1, -0.05) is 12.1 Å². The minimum atomic E-state index is 0.00860. The Bertz CT molecular complexity index is 329. The van der Waals surface area contributed by atoms with Gasteiger partial charge < -0.3 is 9.47 Å². The summed E-state index contributed by atoms with van der Waals surface area (Å²) >= 11 is 6.00. The molecule has 3 heteroatoms. The molecule has 0 aromatic heterocycles. The molecule has 0 spiro atoms. The van der Waals surface area contributed by atoms with Crippen molar-refractivity contribution in [2.75, 3.05) is 25.7 Å². The zero-order chi connectivity index (χ0) is 10.7. The predicted molar refractivity (Wildman–Crippen MR) is 60.8 cm³/mol. The highest BCUT2D eigenvalue weighted by Crippen LogP contribution is 2.35. The van der Waals surface area contributed by atoms with E-state index < -0.39 is 0 Å². The standard InChI is InChI=1S/C12H15ClO2/c1-2-15-11-5-3-4-10(6-11)12(7-13)8-14-9-12/h3-6H,2,7-9H2,1H3. The molecule has 1 aromatic carbocycles. The maximum absolute atomic E-state index is 6.00. The van der Waals surface area contributed by atoms with E-state index in [1.165, 1.54) is 5.56 Å². The Labute approximate surface area is 95.1 Å². The van der Waals surface area contributed by atoms with Gasteiger partial charge >= 0.3 is 0 Å². The van der Waals surface area contributed by atoms with E-state index in [1.54, 1.807) is 0 Å². The van der Waals surface area contributed by atoms with Crippen LogP contribution < -0.4 is 4.74 Å². The highest BCUT2D eigenvalue weighted by Gasteiger charge is 2.39. The molecule has 0 saturated carbocycles. The van der Waals surface area contributed by atoms with E-state index in [4.69, 9.17) is 21.1 Å². The molecule has 2 nitrogen and oxygen atoms in total. The number of hydrogen-bond acceptors (Lipinski definition) is 2. The molecule has 82 valence electrons. The third kappa shape index (κ3) is 1.97.